The lowest BCUT2D eigenvalue weighted by molar-refractivity contribution is 0.304. The number of benzene rings is 1. The van der Waals surface area contributed by atoms with E-state index in [2.05, 4.69) is 22.9 Å². The molecule has 0 bridgehead atoms. The summed E-state index contributed by atoms with van der Waals surface area (Å²) in [6.07, 6.45) is 4.55. The molecule has 0 saturated heterocycles. The van der Waals surface area contributed by atoms with E-state index in [0.29, 0.717) is 22.5 Å². The van der Waals surface area contributed by atoms with E-state index in [1.807, 2.05) is 0 Å². The summed E-state index contributed by atoms with van der Waals surface area (Å²) in [4.78, 5) is 0. The van der Waals surface area contributed by atoms with Crippen molar-refractivity contribution in [3.05, 3.63) is 22.4 Å². The molecule has 1 rings (SSSR count). The van der Waals surface area contributed by atoms with Gasteiger partial charge in [-0.05, 0) is 28.4 Å². The van der Waals surface area contributed by atoms with Gasteiger partial charge in [-0.15, -0.1) is 0 Å². The zero-order valence-electron chi connectivity index (χ0n) is 9.43. The Balaban J connectivity index is 2.47. The van der Waals surface area contributed by atoms with Crippen LogP contribution in [0.15, 0.2) is 16.6 Å². The number of nitrogen functional groups attached to an aromatic ring is 1. The third-order valence-electron chi connectivity index (χ3n) is 2.28. The average Bonchev–Trinajstić information content (AvgIpc) is 2.20. The summed E-state index contributed by atoms with van der Waals surface area (Å²) in [7, 11) is 0. The van der Waals surface area contributed by atoms with Crippen LogP contribution in [0.2, 0.25) is 0 Å². The maximum absolute atomic E-state index is 12.9. The quantitative estimate of drug-likeness (QED) is 0.631. The van der Waals surface area contributed by atoms with Gasteiger partial charge in [0.05, 0.1) is 16.8 Å². The van der Waals surface area contributed by atoms with Gasteiger partial charge >= 0.3 is 0 Å². The first-order valence-corrected chi connectivity index (χ1v) is 6.31. The van der Waals surface area contributed by atoms with E-state index in [9.17, 15) is 4.39 Å². The summed E-state index contributed by atoms with van der Waals surface area (Å²) in [5.74, 6) is 0.181. The molecule has 0 radical (unpaired) electrons. The van der Waals surface area contributed by atoms with E-state index < -0.39 is 0 Å². The molecule has 0 atom stereocenters. The van der Waals surface area contributed by atoms with Crippen molar-refractivity contribution in [1.82, 2.24) is 0 Å². The highest BCUT2D eigenvalue weighted by Crippen LogP contribution is 2.32. The molecule has 0 aromatic heterocycles. The van der Waals surface area contributed by atoms with Gasteiger partial charge in [0.1, 0.15) is 5.82 Å². The molecule has 1 aromatic rings. The van der Waals surface area contributed by atoms with Gasteiger partial charge in [0.25, 0.3) is 0 Å². The zero-order chi connectivity index (χ0) is 12.0. The maximum atomic E-state index is 12.9. The molecule has 0 aliphatic rings. The fourth-order valence-corrected chi connectivity index (χ4v) is 2.00. The van der Waals surface area contributed by atoms with Crippen LogP contribution in [0, 0.1) is 5.82 Å². The molecule has 1 aromatic carbocycles. The Morgan fingerprint density at radius 1 is 1.31 bits per heavy atom. The molecule has 2 nitrogen and oxygen atoms in total. The van der Waals surface area contributed by atoms with Crippen LogP contribution in [0.1, 0.15) is 32.6 Å². The van der Waals surface area contributed by atoms with Crippen molar-refractivity contribution in [2.45, 2.75) is 32.6 Å². The second-order valence-electron chi connectivity index (χ2n) is 3.72. The van der Waals surface area contributed by atoms with Crippen molar-refractivity contribution < 1.29 is 9.13 Å². The van der Waals surface area contributed by atoms with Crippen molar-refractivity contribution in [2.75, 3.05) is 12.3 Å². The number of unbranched alkanes of at least 4 members (excludes halogenated alkanes) is 3. The lowest BCUT2D eigenvalue weighted by atomic mass is 10.2. The molecule has 0 heterocycles. The minimum absolute atomic E-state index is 0.336. The van der Waals surface area contributed by atoms with Crippen molar-refractivity contribution >= 4 is 21.6 Å². The topological polar surface area (TPSA) is 35.2 Å². The molecule has 16 heavy (non-hydrogen) atoms. The first kappa shape index (κ1) is 13.3. The Labute approximate surface area is 104 Å². The summed E-state index contributed by atoms with van der Waals surface area (Å²) in [5, 5.41) is 0. The van der Waals surface area contributed by atoms with Crippen molar-refractivity contribution in [1.29, 1.82) is 0 Å². The van der Waals surface area contributed by atoms with Crippen LogP contribution in [-0.4, -0.2) is 6.61 Å². The van der Waals surface area contributed by atoms with Crippen LogP contribution in [0.25, 0.3) is 0 Å². The Bertz CT molecular complexity index is 321. The SMILES string of the molecule is CCCCCCOc1c(N)cc(F)cc1Br. The van der Waals surface area contributed by atoms with Crippen LogP contribution in [0.5, 0.6) is 5.75 Å². The lowest BCUT2D eigenvalue weighted by Gasteiger charge is -2.10. The van der Waals surface area contributed by atoms with Gasteiger partial charge in [0.2, 0.25) is 0 Å². The molecule has 0 spiro atoms. The smallest absolute Gasteiger partial charge is 0.156 e. The highest BCUT2D eigenvalue weighted by atomic mass is 79.9. The minimum atomic E-state index is -0.359. The van der Waals surface area contributed by atoms with Crippen LogP contribution in [-0.2, 0) is 0 Å². The average molecular weight is 290 g/mol. The van der Waals surface area contributed by atoms with Crippen LogP contribution in [0.4, 0.5) is 10.1 Å². The largest absolute Gasteiger partial charge is 0.490 e. The summed E-state index contributed by atoms with van der Waals surface area (Å²) < 4.78 is 19.0. The molecule has 0 fully saturated rings. The van der Waals surface area contributed by atoms with Gasteiger partial charge in [-0.3, -0.25) is 0 Å². The molecular formula is C12H17BrFNO. The summed E-state index contributed by atoms with van der Waals surface area (Å²) >= 11 is 3.24. The zero-order valence-corrected chi connectivity index (χ0v) is 11.0. The summed E-state index contributed by atoms with van der Waals surface area (Å²) in [5.41, 5.74) is 6.00. The fourth-order valence-electron chi connectivity index (χ4n) is 1.44. The molecule has 0 aliphatic carbocycles. The number of hydrogen-bond acceptors (Lipinski definition) is 2. The first-order chi connectivity index (χ1) is 7.65. The van der Waals surface area contributed by atoms with E-state index in [0.717, 1.165) is 12.8 Å². The van der Waals surface area contributed by atoms with E-state index in [1.54, 1.807) is 0 Å². The number of rotatable bonds is 6. The van der Waals surface area contributed by atoms with Crippen LogP contribution in [0.3, 0.4) is 0 Å². The predicted octanol–water partition coefficient (Wildman–Crippen LogP) is 4.13. The van der Waals surface area contributed by atoms with E-state index in [1.165, 1.54) is 25.0 Å². The van der Waals surface area contributed by atoms with Gasteiger partial charge in [0.15, 0.2) is 5.75 Å². The van der Waals surface area contributed by atoms with Gasteiger partial charge < -0.3 is 10.5 Å². The van der Waals surface area contributed by atoms with Gasteiger partial charge in [-0.25, -0.2) is 4.39 Å². The standard InChI is InChI=1S/C12H17BrFNO/c1-2-3-4-5-6-16-12-10(13)7-9(14)8-11(12)15/h7-8H,2-6,15H2,1H3. The van der Waals surface area contributed by atoms with E-state index >= 15 is 0 Å². The number of ether oxygens (including phenoxy) is 1. The first-order valence-electron chi connectivity index (χ1n) is 5.52. The Morgan fingerprint density at radius 2 is 2.06 bits per heavy atom. The highest BCUT2D eigenvalue weighted by molar-refractivity contribution is 9.10. The molecule has 0 unspecified atom stereocenters. The summed E-state index contributed by atoms with van der Waals surface area (Å²) in [6.45, 7) is 2.78. The molecular weight excluding hydrogens is 273 g/mol. The summed E-state index contributed by atoms with van der Waals surface area (Å²) in [6, 6.07) is 2.63. The normalized spacial score (nSPS) is 10.4. The molecule has 2 N–H and O–H groups in total. The maximum Gasteiger partial charge on any atom is 0.156 e. The van der Waals surface area contributed by atoms with Crippen LogP contribution < -0.4 is 10.5 Å². The number of anilines is 1. The third-order valence-corrected chi connectivity index (χ3v) is 2.87. The van der Waals surface area contributed by atoms with Gasteiger partial charge in [0, 0.05) is 6.07 Å². The Hall–Kier alpha value is -0.770. The van der Waals surface area contributed by atoms with Crippen molar-refractivity contribution in [2.24, 2.45) is 0 Å². The fraction of sp³-hybridized carbons (Fsp3) is 0.500. The molecule has 0 aliphatic heterocycles. The molecule has 0 saturated carbocycles. The Morgan fingerprint density at radius 3 is 2.69 bits per heavy atom. The molecule has 0 amide bonds. The minimum Gasteiger partial charge on any atom is -0.490 e. The van der Waals surface area contributed by atoms with E-state index in [-0.39, 0.29) is 5.82 Å². The van der Waals surface area contributed by atoms with Crippen LogP contribution >= 0.6 is 15.9 Å². The van der Waals surface area contributed by atoms with E-state index in [4.69, 9.17) is 10.5 Å². The monoisotopic (exact) mass is 289 g/mol. The molecule has 90 valence electrons. The second-order valence-corrected chi connectivity index (χ2v) is 4.57. The number of halogens is 2. The lowest BCUT2D eigenvalue weighted by Crippen LogP contribution is -2.01. The second kappa shape index (κ2) is 6.74. The Kier molecular flexibility index (Phi) is 5.60. The van der Waals surface area contributed by atoms with Crippen molar-refractivity contribution in [3.63, 3.8) is 0 Å². The number of nitrogens with two attached hydrogens (primary N) is 1. The number of hydrogen-bond donors (Lipinski definition) is 1. The van der Waals surface area contributed by atoms with Crippen molar-refractivity contribution in [3.8, 4) is 5.75 Å². The van der Waals surface area contributed by atoms with Gasteiger partial charge in [-0.1, -0.05) is 26.2 Å². The third kappa shape index (κ3) is 4.00. The molecule has 4 heteroatoms. The van der Waals surface area contributed by atoms with Gasteiger partial charge in [-0.2, -0.15) is 0 Å². The predicted molar refractivity (Wildman–Crippen MR) is 68.1 cm³/mol. The highest BCUT2D eigenvalue weighted by Gasteiger charge is 2.08.